The number of rotatable bonds is 7. The summed E-state index contributed by atoms with van der Waals surface area (Å²) in [4.78, 5) is 22.6. The summed E-state index contributed by atoms with van der Waals surface area (Å²) in [5.74, 6) is -1.10. The average molecular weight is 293 g/mol. The largest absolute Gasteiger partial charge is 0.496 e. The van der Waals surface area contributed by atoms with Gasteiger partial charge in [-0.15, -0.1) is 0 Å². The van der Waals surface area contributed by atoms with Gasteiger partial charge in [0.2, 0.25) is 5.91 Å². The molecule has 0 radical (unpaired) electrons. The van der Waals surface area contributed by atoms with E-state index in [0.29, 0.717) is 5.75 Å². The number of ether oxygens (including phenoxy) is 1. The van der Waals surface area contributed by atoms with Crippen LogP contribution in [0.15, 0.2) is 24.3 Å². The molecule has 6 nitrogen and oxygen atoms in total. The van der Waals surface area contributed by atoms with Crippen molar-refractivity contribution in [3.8, 4) is 5.75 Å². The van der Waals surface area contributed by atoms with Crippen molar-refractivity contribution in [3.05, 3.63) is 35.4 Å². The smallest absolute Gasteiger partial charge is 0.326 e. The first-order valence-electron chi connectivity index (χ1n) is 6.44. The zero-order valence-electron chi connectivity index (χ0n) is 12.0. The maximum atomic E-state index is 11.7. The summed E-state index contributed by atoms with van der Waals surface area (Å²) in [6, 6.07) is 4.42. The van der Waals surface area contributed by atoms with Crippen molar-refractivity contribution in [3.63, 3.8) is 0 Å². The quantitative estimate of drug-likeness (QED) is 0.651. The molecule has 6 heteroatoms. The average Bonchev–Trinajstić information content (AvgIpc) is 2.44. The maximum absolute atomic E-state index is 11.7. The normalized spacial score (nSPS) is 12.1. The molecular formula is C15H19NO5. The van der Waals surface area contributed by atoms with Crippen LogP contribution in [0.4, 0.5) is 0 Å². The molecule has 0 heterocycles. The number of hydrogen-bond acceptors (Lipinski definition) is 4. The molecule has 0 aliphatic rings. The molecule has 0 saturated heterocycles. The minimum atomic E-state index is -1.18. The summed E-state index contributed by atoms with van der Waals surface area (Å²) in [5, 5.41) is 20.0. The zero-order valence-corrected chi connectivity index (χ0v) is 12.0. The first-order valence-corrected chi connectivity index (χ1v) is 6.44. The fraction of sp³-hybridized carbons (Fsp3) is 0.333. The first-order chi connectivity index (χ1) is 9.97. The number of amides is 1. The van der Waals surface area contributed by atoms with E-state index >= 15 is 0 Å². The second-order valence-electron chi connectivity index (χ2n) is 4.49. The van der Waals surface area contributed by atoms with Gasteiger partial charge in [-0.1, -0.05) is 11.6 Å². The standard InChI is InChI=1S/C15H19NO5/c1-10-3-5-13(21-2)11(9-10)4-6-14(18)16-12(7-8-17)15(19)20/h3-6,9,12,17H,7-8H2,1-2H3,(H,16,18)(H,19,20)/b6-4+/t12-/m0/s1. The molecule has 1 rings (SSSR count). The first kappa shape index (κ1) is 16.7. The lowest BCUT2D eigenvalue weighted by atomic mass is 10.1. The number of aliphatic carboxylic acids is 1. The number of carbonyl (C=O) groups excluding carboxylic acids is 1. The molecule has 0 aromatic heterocycles. The Morgan fingerprint density at radius 1 is 1.43 bits per heavy atom. The van der Waals surface area contributed by atoms with Gasteiger partial charge in [-0.2, -0.15) is 0 Å². The third kappa shape index (κ3) is 5.27. The van der Waals surface area contributed by atoms with Gasteiger partial charge in [-0.25, -0.2) is 4.79 Å². The highest BCUT2D eigenvalue weighted by molar-refractivity contribution is 5.94. The van der Waals surface area contributed by atoms with E-state index in [1.54, 1.807) is 12.1 Å². The lowest BCUT2D eigenvalue weighted by Gasteiger charge is -2.11. The Morgan fingerprint density at radius 2 is 2.14 bits per heavy atom. The highest BCUT2D eigenvalue weighted by Gasteiger charge is 2.17. The Hall–Kier alpha value is -2.34. The molecule has 1 aromatic carbocycles. The van der Waals surface area contributed by atoms with Crippen LogP contribution in [0.2, 0.25) is 0 Å². The molecule has 0 aliphatic heterocycles. The van der Waals surface area contributed by atoms with Crippen LogP contribution in [0.1, 0.15) is 17.5 Å². The Labute approximate surface area is 123 Å². The number of aliphatic hydroxyl groups excluding tert-OH is 1. The van der Waals surface area contributed by atoms with Gasteiger partial charge in [0.15, 0.2) is 0 Å². The highest BCUT2D eigenvalue weighted by Crippen LogP contribution is 2.20. The molecule has 0 saturated carbocycles. The predicted molar refractivity (Wildman–Crippen MR) is 78.0 cm³/mol. The fourth-order valence-electron chi connectivity index (χ4n) is 1.76. The Morgan fingerprint density at radius 3 is 2.71 bits per heavy atom. The summed E-state index contributed by atoms with van der Waals surface area (Å²) in [6.45, 7) is 1.60. The Kier molecular flexibility index (Phi) is 6.42. The van der Waals surface area contributed by atoms with Crippen LogP contribution in [0.25, 0.3) is 6.08 Å². The number of methoxy groups -OCH3 is 1. The monoisotopic (exact) mass is 293 g/mol. The molecule has 1 atom stereocenters. The van der Waals surface area contributed by atoms with Gasteiger partial charge >= 0.3 is 5.97 Å². The molecule has 21 heavy (non-hydrogen) atoms. The number of benzene rings is 1. The molecule has 114 valence electrons. The van der Waals surface area contributed by atoms with Crippen LogP contribution < -0.4 is 10.1 Å². The summed E-state index contributed by atoms with van der Waals surface area (Å²) in [5.41, 5.74) is 1.74. The van der Waals surface area contributed by atoms with Gasteiger partial charge in [0.25, 0.3) is 0 Å². The molecular weight excluding hydrogens is 274 g/mol. The molecule has 1 aromatic rings. The number of hydrogen-bond donors (Lipinski definition) is 3. The summed E-state index contributed by atoms with van der Waals surface area (Å²) < 4.78 is 5.18. The van der Waals surface area contributed by atoms with Crippen LogP contribution in [0.3, 0.4) is 0 Å². The second-order valence-corrected chi connectivity index (χ2v) is 4.49. The van der Waals surface area contributed by atoms with E-state index in [1.807, 2.05) is 19.1 Å². The van der Waals surface area contributed by atoms with Gasteiger partial charge in [0.1, 0.15) is 11.8 Å². The zero-order chi connectivity index (χ0) is 15.8. The molecule has 0 aliphatic carbocycles. The van der Waals surface area contributed by atoms with Crippen molar-refractivity contribution in [2.24, 2.45) is 0 Å². The number of carboxylic acids is 1. The highest BCUT2D eigenvalue weighted by atomic mass is 16.5. The van der Waals surface area contributed by atoms with Crippen molar-refractivity contribution >= 4 is 18.0 Å². The van der Waals surface area contributed by atoms with Gasteiger partial charge in [0, 0.05) is 24.7 Å². The fourth-order valence-corrected chi connectivity index (χ4v) is 1.76. The summed E-state index contributed by atoms with van der Waals surface area (Å²) in [6.07, 6.45) is 2.76. The van der Waals surface area contributed by atoms with E-state index in [4.69, 9.17) is 14.9 Å². The van der Waals surface area contributed by atoms with Crippen LogP contribution in [0, 0.1) is 6.92 Å². The predicted octanol–water partition coefficient (Wildman–Crippen LogP) is 0.969. The van der Waals surface area contributed by atoms with E-state index in [2.05, 4.69) is 5.32 Å². The van der Waals surface area contributed by atoms with Gasteiger partial charge in [-0.05, 0) is 25.1 Å². The van der Waals surface area contributed by atoms with E-state index in [0.717, 1.165) is 11.1 Å². The van der Waals surface area contributed by atoms with E-state index < -0.39 is 17.9 Å². The second kappa shape index (κ2) is 8.06. The van der Waals surface area contributed by atoms with E-state index in [1.165, 1.54) is 13.2 Å². The number of carbonyl (C=O) groups is 2. The summed E-state index contributed by atoms with van der Waals surface area (Å²) in [7, 11) is 1.53. The van der Waals surface area contributed by atoms with Crippen LogP contribution in [0.5, 0.6) is 5.75 Å². The van der Waals surface area contributed by atoms with Crippen LogP contribution >= 0.6 is 0 Å². The lowest BCUT2D eigenvalue weighted by molar-refractivity contribution is -0.141. The minimum Gasteiger partial charge on any atom is -0.496 e. The van der Waals surface area contributed by atoms with Crippen molar-refractivity contribution in [1.29, 1.82) is 0 Å². The number of aliphatic hydroxyl groups is 1. The maximum Gasteiger partial charge on any atom is 0.326 e. The third-order valence-electron chi connectivity index (χ3n) is 2.83. The van der Waals surface area contributed by atoms with Crippen molar-refractivity contribution in [1.82, 2.24) is 5.32 Å². The number of nitrogens with one attached hydrogen (secondary N) is 1. The van der Waals surface area contributed by atoms with Crippen molar-refractivity contribution < 1.29 is 24.5 Å². The Bertz CT molecular complexity index is 539. The van der Waals surface area contributed by atoms with E-state index in [-0.39, 0.29) is 13.0 Å². The topological polar surface area (TPSA) is 95.9 Å². The SMILES string of the molecule is COc1ccc(C)cc1/C=C/C(=O)N[C@@H](CCO)C(=O)O. The van der Waals surface area contributed by atoms with Gasteiger partial charge < -0.3 is 20.3 Å². The minimum absolute atomic E-state index is 0.0390. The summed E-state index contributed by atoms with van der Waals surface area (Å²) >= 11 is 0. The van der Waals surface area contributed by atoms with Crippen LogP contribution in [-0.2, 0) is 9.59 Å². The third-order valence-corrected chi connectivity index (χ3v) is 2.83. The molecule has 1 amide bonds. The molecule has 3 N–H and O–H groups in total. The number of carboxylic acid groups (broad SMARTS) is 1. The molecule has 0 fully saturated rings. The van der Waals surface area contributed by atoms with Gasteiger partial charge in [0.05, 0.1) is 7.11 Å². The van der Waals surface area contributed by atoms with Gasteiger partial charge in [-0.3, -0.25) is 4.79 Å². The van der Waals surface area contributed by atoms with Crippen molar-refractivity contribution in [2.45, 2.75) is 19.4 Å². The Balaban J connectivity index is 2.78. The van der Waals surface area contributed by atoms with Crippen LogP contribution in [-0.4, -0.2) is 41.8 Å². The molecule has 0 spiro atoms. The lowest BCUT2D eigenvalue weighted by Crippen LogP contribution is -2.40. The van der Waals surface area contributed by atoms with E-state index in [9.17, 15) is 9.59 Å². The molecule has 0 bridgehead atoms. The number of aryl methyl sites for hydroxylation is 1. The van der Waals surface area contributed by atoms with Crippen molar-refractivity contribution in [2.75, 3.05) is 13.7 Å². The molecule has 0 unspecified atom stereocenters.